The van der Waals surface area contributed by atoms with Crippen molar-refractivity contribution in [2.75, 3.05) is 17.7 Å². The summed E-state index contributed by atoms with van der Waals surface area (Å²) in [7, 11) is 0. The van der Waals surface area contributed by atoms with Crippen molar-refractivity contribution in [3.05, 3.63) is 84.7 Å². The maximum Gasteiger partial charge on any atom is 0.338 e. The molecule has 0 saturated heterocycles. The molecule has 0 atom stereocenters. The first kappa shape index (κ1) is 23.2. The van der Waals surface area contributed by atoms with E-state index in [1.54, 1.807) is 36.7 Å². The van der Waals surface area contributed by atoms with E-state index in [9.17, 15) is 9.59 Å². The number of thioether (sulfide) groups is 1. The Morgan fingerprint density at radius 1 is 0.971 bits per heavy atom. The summed E-state index contributed by atoms with van der Waals surface area (Å²) in [6.45, 7) is 2.32. The van der Waals surface area contributed by atoms with Gasteiger partial charge in [-0.25, -0.2) is 4.79 Å². The van der Waals surface area contributed by atoms with Crippen LogP contribution in [0.15, 0.2) is 84.3 Å². The van der Waals surface area contributed by atoms with Gasteiger partial charge in [0.05, 0.1) is 17.9 Å². The first-order valence-electron chi connectivity index (χ1n) is 10.8. The van der Waals surface area contributed by atoms with E-state index in [1.165, 1.54) is 11.8 Å². The van der Waals surface area contributed by atoms with Crippen molar-refractivity contribution in [1.29, 1.82) is 0 Å². The van der Waals surface area contributed by atoms with Gasteiger partial charge >= 0.3 is 5.97 Å². The maximum absolute atomic E-state index is 12.6. The molecule has 0 fully saturated rings. The van der Waals surface area contributed by atoms with Crippen LogP contribution in [0.1, 0.15) is 23.7 Å². The summed E-state index contributed by atoms with van der Waals surface area (Å²) in [4.78, 5) is 28.6. The minimum Gasteiger partial charge on any atom is -0.462 e. The van der Waals surface area contributed by atoms with Gasteiger partial charge in [-0.3, -0.25) is 14.3 Å². The van der Waals surface area contributed by atoms with Crippen LogP contribution in [-0.2, 0) is 9.53 Å². The fourth-order valence-electron chi connectivity index (χ4n) is 3.16. The molecule has 1 N–H and O–H groups in total. The number of nitrogens with one attached hydrogen (secondary N) is 1. The molecule has 8 nitrogen and oxygen atoms in total. The fourth-order valence-corrected chi connectivity index (χ4v) is 3.91. The first-order valence-corrected chi connectivity index (χ1v) is 11.8. The third-order valence-corrected chi connectivity index (χ3v) is 5.69. The molecule has 0 spiro atoms. The Morgan fingerprint density at radius 3 is 2.41 bits per heavy atom. The molecule has 1 amide bonds. The minimum absolute atomic E-state index is 0.140. The summed E-state index contributed by atoms with van der Waals surface area (Å²) >= 11 is 1.29. The van der Waals surface area contributed by atoms with Gasteiger partial charge in [-0.1, -0.05) is 36.9 Å². The highest BCUT2D eigenvalue weighted by molar-refractivity contribution is 7.99. The van der Waals surface area contributed by atoms with Gasteiger partial charge in [0.2, 0.25) is 5.91 Å². The molecule has 9 heteroatoms. The van der Waals surface area contributed by atoms with Crippen molar-refractivity contribution in [2.24, 2.45) is 0 Å². The monoisotopic (exact) mass is 473 g/mol. The average Bonchev–Trinajstić information content (AvgIpc) is 3.31. The van der Waals surface area contributed by atoms with E-state index < -0.39 is 0 Å². The molecule has 172 valence electrons. The predicted octanol–water partition coefficient (Wildman–Crippen LogP) is 4.63. The molecule has 2 heterocycles. The molecule has 34 heavy (non-hydrogen) atoms. The van der Waals surface area contributed by atoms with Gasteiger partial charge in [-0.2, -0.15) is 0 Å². The zero-order chi connectivity index (χ0) is 23.8. The summed E-state index contributed by atoms with van der Waals surface area (Å²) in [6.07, 6.45) is 4.17. The highest BCUT2D eigenvalue weighted by Crippen LogP contribution is 2.27. The van der Waals surface area contributed by atoms with Crippen LogP contribution in [-0.4, -0.2) is 44.0 Å². The van der Waals surface area contributed by atoms with Crippen molar-refractivity contribution in [3.8, 4) is 17.1 Å². The first-order chi connectivity index (χ1) is 16.7. The van der Waals surface area contributed by atoms with Crippen LogP contribution < -0.4 is 5.32 Å². The van der Waals surface area contributed by atoms with E-state index in [1.807, 2.05) is 54.0 Å². The van der Waals surface area contributed by atoms with E-state index in [0.29, 0.717) is 28.8 Å². The molecule has 4 rings (SSSR count). The lowest BCUT2D eigenvalue weighted by molar-refractivity contribution is -0.113. The number of benzene rings is 2. The second-order valence-corrected chi connectivity index (χ2v) is 8.21. The van der Waals surface area contributed by atoms with Crippen LogP contribution in [0.25, 0.3) is 17.1 Å². The summed E-state index contributed by atoms with van der Waals surface area (Å²) in [5.41, 5.74) is 2.81. The average molecular weight is 474 g/mol. The number of carbonyl (C=O) groups is 2. The van der Waals surface area contributed by atoms with Crippen LogP contribution in [0, 0.1) is 0 Å². The smallest absolute Gasteiger partial charge is 0.338 e. The molecule has 0 aliphatic carbocycles. The molecule has 2 aromatic heterocycles. The lowest BCUT2D eigenvalue weighted by Crippen LogP contribution is -2.15. The van der Waals surface area contributed by atoms with Gasteiger partial charge in [-0.15, -0.1) is 10.2 Å². The molecule has 0 aliphatic rings. The zero-order valence-electron chi connectivity index (χ0n) is 18.5. The van der Waals surface area contributed by atoms with E-state index in [-0.39, 0.29) is 17.6 Å². The Bertz CT molecular complexity index is 1240. The fraction of sp³-hybridized carbons (Fsp3) is 0.160. The molecule has 4 aromatic rings. The van der Waals surface area contributed by atoms with Crippen LogP contribution >= 0.6 is 11.8 Å². The number of carbonyl (C=O) groups excluding carboxylic acids is 2. The lowest BCUT2D eigenvalue weighted by Gasteiger charge is -2.10. The number of amides is 1. The van der Waals surface area contributed by atoms with E-state index in [0.717, 1.165) is 17.7 Å². The molecular weight excluding hydrogens is 450 g/mol. The molecule has 0 radical (unpaired) electrons. The number of hydrogen-bond acceptors (Lipinski definition) is 7. The molecule has 0 bridgehead atoms. The normalized spacial score (nSPS) is 10.6. The Balaban J connectivity index is 1.45. The van der Waals surface area contributed by atoms with Crippen molar-refractivity contribution < 1.29 is 14.3 Å². The number of aromatic nitrogens is 4. The number of anilines is 1. The Kier molecular flexibility index (Phi) is 7.67. The molecule has 0 saturated carbocycles. The minimum atomic E-state index is -0.375. The number of rotatable bonds is 9. The van der Waals surface area contributed by atoms with E-state index in [4.69, 9.17) is 4.74 Å². The summed E-state index contributed by atoms with van der Waals surface area (Å²) in [5, 5.41) is 12.1. The van der Waals surface area contributed by atoms with Gasteiger partial charge in [-0.05, 0) is 55.0 Å². The van der Waals surface area contributed by atoms with Crippen LogP contribution in [0.2, 0.25) is 0 Å². The highest BCUT2D eigenvalue weighted by Gasteiger charge is 2.17. The van der Waals surface area contributed by atoms with Crippen LogP contribution in [0.3, 0.4) is 0 Å². The molecular formula is C25H23N5O3S. The van der Waals surface area contributed by atoms with Crippen LogP contribution in [0.5, 0.6) is 0 Å². The number of esters is 1. The summed E-state index contributed by atoms with van der Waals surface area (Å²) < 4.78 is 7.04. The number of para-hydroxylation sites is 1. The third kappa shape index (κ3) is 5.68. The topological polar surface area (TPSA) is 99.0 Å². The zero-order valence-corrected chi connectivity index (χ0v) is 19.4. The second kappa shape index (κ2) is 11.2. The molecule has 0 aliphatic heterocycles. The predicted molar refractivity (Wildman–Crippen MR) is 131 cm³/mol. The third-order valence-electron chi connectivity index (χ3n) is 4.76. The van der Waals surface area contributed by atoms with Gasteiger partial charge in [0.25, 0.3) is 0 Å². The van der Waals surface area contributed by atoms with Crippen molar-refractivity contribution in [1.82, 2.24) is 19.7 Å². The largest absolute Gasteiger partial charge is 0.462 e. The quantitative estimate of drug-likeness (QED) is 0.280. The van der Waals surface area contributed by atoms with Gasteiger partial charge in [0.15, 0.2) is 11.0 Å². The van der Waals surface area contributed by atoms with Crippen molar-refractivity contribution >= 4 is 29.3 Å². The Labute approximate surface area is 201 Å². The summed E-state index contributed by atoms with van der Waals surface area (Å²) in [6, 6.07) is 20.1. The second-order valence-electron chi connectivity index (χ2n) is 7.26. The number of ether oxygens (including phenoxy) is 1. The SMILES string of the molecule is CCCOC(=O)c1ccc(NC(=O)CSc2nnc(-c3ccncc3)n2-c2ccccc2)cc1. The highest BCUT2D eigenvalue weighted by atomic mass is 32.2. The van der Waals surface area contributed by atoms with Gasteiger partial charge in [0, 0.05) is 29.3 Å². The van der Waals surface area contributed by atoms with E-state index >= 15 is 0 Å². The summed E-state index contributed by atoms with van der Waals surface area (Å²) in [5.74, 6) is 0.240. The molecule has 0 unspecified atom stereocenters. The standard InChI is InChI=1S/C25H23N5O3S/c1-2-16-33-24(32)19-8-10-20(11-9-19)27-22(31)17-34-25-29-28-23(18-12-14-26-15-13-18)30(25)21-6-4-3-5-7-21/h3-15H,2,16-17H2,1H3,(H,27,31). The van der Waals surface area contributed by atoms with E-state index in [2.05, 4.69) is 20.5 Å². The van der Waals surface area contributed by atoms with Crippen molar-refractivity contribution in [2.45, 2.75) is 18.5 Å². The Hall–Kier alpha value is -3.98. The Morgan fingerprint density at radius 2 is 1.71 bits per heavy atom. The lowest BCUT2D eigenvalue weighted by atomic mass is 10.2. The van der Waals surface area contributed by atoms with Gasteiger partial charge < -0.3 is 10.1 Å². The molecule has 2 aromatic carbocycles. The number of nitrogens with zero attached hydrogens (tertiary/aromatic N) is 4. The van der Waals surface area contributed by atoms with Crippen LogP contribution in [0.4, 0.5) is 5.69 Å². The van der Waals surface area contributed by atoms with Gasteiger partial charge in [0.1, 0.15) is 0 Å². The number of hydrogen-bond donors (Lipinski definition) is 1. The maximum atomic E-state index is 12.6. The number of pyridine rings is 1. The van der Waals surface area contributed by atoms with Crippen molar-refractivity contribution in [3.63, 3.8) is 0 Å².